The Hall–Kier alpha value is -2.15. The summed E-state index contributed by atoms with van der Waals surface area (Å²) in [7, 11) is 0. The fraction of sp³-hybridized carbons (Fsp3) is 0.500. The normalized spacial score (nSPS) is 22.8. The van der Waals surface area contributed by atoms with E-state index < -0.39 is 10.9 Å². The van der Waals surface area contributed by atoms with E-state index in [1.54, 1.807) is 0 Å². The summed E-state index contributed by atoms with van der Waals surface area (Å²) in [5.74, 6) is -1.18. The number of nitro groups is 1. The Kier molecular flexibility index (Phi) is 4.42. The Morgan fingerprint density at radius 2 is 2.00 bits per heavy atom. The minimum Gasteiger partial charge on any atom is -0.478 e. The summed E-state index contributed by atoms with van der Waals surface area (Å²) in [5, 5.41) is 22.3. The second-order valence-electron chi connectivity index (χ2n) is 5.41. The summed E-state index contributed by atoms with van der Waals surface area (Å²) in [6.07, 6.45) is 3.05. The predicted molar refractivity (Wildman–Crippen MR) is 78.3 cm³/mol. The number of hydrogen-bond acceptors (Lipinski definition) is 5. The fourth-order valence-corrected chi connectivity index (χ4v) is 2.76. The van der Waals surface area contributed by atoms with Crippen LogP contribution in [-0.4, -0.2) is 33.1 Å². The third kappa shape index (κ3) is 3.13. The number of piperidine rings is 1. The molecule has 7 nitrogen and oxygen atoms in total. The maximum Gasteiger partial charge on any atom is 0.338 e. The lowest BCUT2D eigenvalue weighted by atomic mass is 9.99. The second-order valence-corrected chi connectivity index (χ2v) is 5.41. The standard InChI is InChI=1S/C14H19N3O4/c1-9-5-3-6-10(2)16(9)15-13-11(14(18)19)7-4-8-12(13)17(20)21/h4,7-10,15H,3,5-6H2,1-2H3,(H,18,19). The lowest BCUT2D eigenvalue weighted by molar-refractivity contribution is -0.384. The van der Waals surface area contributed by atoms with Gasteiger partial charge in [0.2, 0.25) is 0 Å². The van der Waals surface area contributed by atoms with Crippen LogP contribution in [0.15, 0.2) is 18.2 Å². The summed E-state index contributed by atoms with van der Waals surface area (Å²) in [6, 6.07) is 4.45. The Labute approximate surface area is 122 Å². The van der Waals surface area contributed by atoms with Gasteiger partial charge in [0.1, 0.15) is 5.69 Å². The van der Waals surface area contributed by atoms with E-state index in [4.69, 9.17) is 0 Å². The molecule has 1 fully saturated rings. The molecule has 1 aromatic carbocycles. The lowest BCUT2D eigenvalue weighted by Gasteiger charge is -2.39. The number of nitrogens with zero attached hydrogens (tertiary/aromatic N) is 2. The van der Waals surface area contributed by atoms with Crippen molar-refractivity contribution in [1.29, 1.82) is 0 Å². The molecule has 1 aliphatic heterocycles. The van der Waals surface area contributed by atoms with Crippen molar-refractivity contribution in [1.82, 2.24) is 5.01 Å². The number of aromatic carboxylic acids is 1. The molecule has 21 heavy (non-hydrogen) atoms. The molecule has 0 bridgehead atoms. The molecule has 1 heterocycles. The van der Waals surface area contributed by atoms with Gasteiger partial charge in [0.05, 0.1) is 10.5 Å². The first-order valence-corrected chi connectivity index (χ1v) is 6.97. The van der Waals surface area contributed by atoms with E-state index in [9.17, 15) is 20.0 Å². The average Bonchev–Trinajstić information content (AvgIpc) is 2.42. The molecule has 114 valence electrons. The molecule has 0 spiro atoms. The van der Waals surface area contributed by atoms with Crippen LogP contribution in [0.1, 0.15) is 43.5 Å². The van der Waals surface area contributed by atoms with Crippen LogP contribution in [0.3, 0.4) is 0 Å². The van der Waals surface area contributed by atoms with E-state index in [0.717, 1.165) is 19.3 Å². The van der Waals surface area contributed by atoms with E-state index in [1.807, 2.05) is 18.9 Å². The molecule has 2 unspecified atom stereocenters. The molecule has 1 aromatic rings. The number of benzene rings is 1. The van der Waals surface area contributed by atoms with E-state index >= 15 is 0 Å². The second kappa shape index (κ2) is 6.09. The first-order chi connectivity index (χ1) is 9.91. The molecule has 0 aliphatic carbocycles. The van der Waals surface area contributed by atoms with Crippen molar-refractivity contribution in [2.75, 3.05) is 5.43 Å². The number of nitrogens with one attached hydrogen (secondary N) is 1. The van der Waals surface area contributed by atoms with Crippen molar-refractivity contribution in [3.63, 3.8) is 0 Å². The van der Waals surface area contributed by atoms with Gasteiger partial charge in [-0.3, -0.25) is 10.1 Å². The van der Waals surface area contributed by atoms with Gasteiger partial charge in [-0.1, -0.05) is 12.5 Å². The molecule has 2 rings (SSSR count). The first kappa shape index (κ1) is 15.2. The van der Waals surface area contributed by atoms with Crippen molar-refractivity contribution < 1.29 is 14.8 Å². The third-order valence-corrected chi connectivity index (χ3v) is 3.90. The summed E-state index contributed by atoms with van der Waals surface area (Å²) < 4.78 is 0. The van der Waals surface area contributed by atoms with Gasteiger partial charge in [0, 0.05) is 18.2 Å². The van der Waals surface area contributed by atoms with Gasteiger partial charge in [-0.05, 0) is 32.8 Å². The van der Waals surface area contributed by atoms with Gasteiger partial charge < -0.3 is 10.5 Å². The molecular weight excluding hydrogens is 274 g/mol. The number of anilines is 1. The van der Waals surface area contributed by atoms with Crippen LogP contribution in [0.25, 0.3) is 0 Å². The van der Waals surface area contributed by atoms with Crippen LogP contribution < -0.4 is 5.43 Å². The first-order valence-electron chi connectivity index (χ1n) is 6.97. The van der Waals surface area contributed by atoms with E-state index in [2.05, 4.69) is 5.43 Å². The minimum atomic E-state index is -1.18. The van der Waals surface area contributed by atoms with Crippen molar-refractivity contribution >= 4 is 17.3 Å². The molecule has 0 radical (unpaired) electrons. The fourth-order valence-electron chi connectivity index (χ4n) is 2.76. The highest BCUT2D eigenvalue weighted by Crippen LogP contribution is 2.31. The summed E-state index contributed by atoms with van der Waals surface area (Å²) >= 11 is 0. The van der Waals surface area contributed by atoms with Crippen LogP contribution in [0.5, 0.6) is 0 Å². The summed E-state index contributed by atoms with van der Waals surface area (Å²) in [6.45, 7) is 4.05. The van der Waals surface area contributed by atoms with Crippen molar-refractivity contribution in [3.8, 4) is 0 Å². The number of carboxylic acid groups (broad SMARTS) is 1. The quantitative estimate of drug-likeness (QED) is 0.654. The van der Waals surface area contributed by atoms with Crippen LogP contribution in [0.4, 0.5) is 11.4 Å². The van der Waals surface area contributed by atoms with Gasteiger partial charge in [0.25, 0.3) is 5.69 Å². The van der Waals surface area contributed by atoms with Crippen molar-refractivity contribution in [3.05, 3.63) is 33.9 Å². The number of rotatable bonds is 4. The number of nitro benzene ring substituents is 1. The summed E-state index contributed by atoms with van der Waals surface area (Å²) in [5.41, 5.74) is 2.73. The summed E-state index contributed by atoms with van der Waals surface area (Å²) in [4.78, 5) is 21.9. The SMILES string of the molecule is CC1CCCC(C)N1Nc1c(C(=O)O)cccc1[N+](=O)[O-]. The van der Waals surface area contributed by atoms with E-state index in [1.165, 1.54) is 18.2 Å². The zero-order chi connectivity index (χ0) is 15.6. The Bertz CT molecular complexity index is 519. The molecule has 0 aromatic heterocycles. The van der Waals surface area contributed by atoms with Crippen LogP contribution in [-0.2, 0) is 0 Å². The van der Waals surface area contributed by atoms with E-state index in [-0.39, 0.29) is 29.0 Å². The van der Waals surface area contributed by atoms with Crippen LogP contribution >= 0.6 is 0 Å². The van der Waals surface area contributed by atoms with Crippen LogP contribution in [0.2, 0.25) is 0 Å². The van der Waals surface area contributed by atoms with Gasteiger partial charge in [-0.25, -0.2) is 9.80 Å². The molecule has 1 aliphatic rings. The van der Waals surface area contributed by atoms with Crippen LogP contribution in [0, 0.1) is 10.1 Å². The number of carboxylic acids is 1. The molecular formula is C14H19N3O4. The zero-order valence-corrected chi connectivity index (χ0v) is 12.1. The van der Waals surface area contributed by atoms with Gasteiger partial charge in [-0.2, -0.15) is 0 Å². The number of hydrogen-bond donors (Lipinski definition) is 2. The predicted octanol–water partition coefficient (Wildman–Crippen LogP) is 2.88. The smallest absolute Gasteiger partial charge is 0.338 e. The molecule has 0 amide bonds. The molecule has 2 atom stereocenters. The molecule has 1 saturated heterocycles. The lowest BCUT2D eigenvalue weighted by Crippen LogP contribution is -2.47. The average molecular weight is 293 g/mol. The molecule has 0 saturated carbocycles. The van der Waals surface area contributed by atoms with Crippen molar-refractivity contribution in [2.24, 2.45) is 0 Å². The van der Waals surface area contributed by atoms with Gasteiger partial charge in [-0.15, -0.1) is 0 Å². The number of carbonyl (C=O) groups is 1. The Balaban J connectivity index is 2.41. The zero-order valence-electron chi connectivity index (χ0n) is 12.1. The Morgan fingerprint density at radius 3 is 2.52 bits per heavy atom. The number of hydrazine groups is 1. The molecule has 2 N–H and O–H groups in total. The minimum absolute atomic E-state index is 0.0515. The topological polar surface area (TPSA) is 95.7 Å². The maximum atomic E-state index is 11.3. The highest BCUT2D eigenvalue weighted by Gasteiger charge is 2.29. The monoisotopic (exact) mass is 293 g/mol. The largest absolute Gasteiger partial charge is 0.478 e. The third-order valence-electron chi connectivity index (χ3n) is 3.90. The molecule has 7 heteroatoms. The number of para-hydroxylation sites is 1. The Morgan fingerprint density at radius 1 is 1.38 bits per heavy atom. The maximum absolute atomic E-state index is 11.3. The highest BCUT2D eigenvalue weighted by atomic mass is 16.6. The van der Waals surface area contributed by atoms with Gasteiger partial charge in [0.15, 0.2) is 0 Å². The van der Waals surface area contributed by atoms with E-state index in [0.29, 0.717) is 0 Å². The van der Waals surface area contributed by atoms with Gasteiger partial charge >= 0.3 is 5.97 Å². The highest BCUT2D eigenvalue weighted by molar-refractivity contribution is 5.96. The van der Waals surface area contributed by atoms with Crippen molar-refractivity contribution in [2.45, 2.75) is 45.2 Å².